The van der Waals surface area contributed by atoms with Gasteiger partial charge in [0.2, 0.25) is 5.89 Å². The molecule has 3 rings (SSSR count). The van der Waals surface area contributed by atoms with Gasteiger partial charge in [0, 0.05) is 19.5 Å². The summed E-state index contributed by atoms with van der Waals surface area (Å²) in [7, 11) is 0. The molecule has 3 heterocycles. The molecule has 1 aliphatic rings. The lowest BCUT2D eigenvalue weighted by molar-refractivity contribution is -0.141. The SMILES string of the molecule is Cc1nc(CN2CCC(Cn3cnc(C(F)(F)F)cc3=O)CC2)no1. The van der Waals surface area contributed by atoms with Gasteiger partial charge >= 0.3 is 6.18 Å². The minimum absolute atomic E-state index is 0.222. The van der Waals surface area contributed by atoms with Crippen LogP contribution in [0.1, 0.15) is 30.3 Å². The molecule has 0 saturated carbocycles. The van der Waals surface area contributed by atoms with E-state index in [4.69, 9.17) is 4.52 Å². The Kier molecular flexibility index (Phi) is 4.89. The predicted octanol–water partition coefficient (Wildman–Crippen LogP) is 1.87. The molecule has 1 fully saturated rings. The molecule has 0 unspecified atom stereocenters. The molecular weight excluding hydrogens is 339 g/mol. The molecule has 0 N–H and O–H groups in total. The van der Waals surface area contributed by atoms with E-state index in [9.17, 15) is 18.0 Å². The van der Waals surface area contributed by atoms with Crippen LogP contribution in [0.5, 0.6) is 0 Å². The van der Waals surface area contributed by atoms with Crippen LogP contribution in [0.3, 0.4) is 0 Å². The summed E-state index contributed by atoms with van der Waals surface area (Å²) in [6.45, 7) is 4.33. The fourth-order valence-corrected chi connectivity index (χ4v) is 2.93. The number of aryl methyl sites for hydroxylation is 1. The summed E-state index contributed by atoms with van der Waals surface area (Å²) in [6, 6.07) is 0.549. The van der Waals surface area contributed by atoms with E-state index >= 15 is 0 Å². The van der Waals surface area contributed by atoms with E-state index in [1.54, 1.807) is 6.92 Å². The zero-order chi connectivity index (χ0) is 18.0. The number of alkyl halides is 3. The van der Waals surface area contributed by atoms with Gasteiger partial charge in [-0.1, -0.05) is 5.16 Å². The van der Waals surface area contributed by atoms with Gasteiger partial charge in [-0.05, 0) is 31.8 Å². The van der Waals surface area contributed by atoms with Gasteiger partial charge in [-0.3, -0.25) is 14.3 Å². The Morgan fingerprint density at radius 3 is 2.60 bits per heavy atom. The maximum atomic E-state index is 12.5. The van der Waals surface area contributed by atoms with E-state index in [-0.39, 0.29) is 5.92 Å². The van der Waals surface area contributed by atoms with Crippen LogP contribution >= 0.6 is 0 Å². The first-order valence-corrected chi connectivity index (χ1v) is 7.96. The molecular formula is C15H18F3N5O2. The highest BCUT2D eigenvalue weighted by atomic mass is 19.4. The van der Waals surface area contributed by atoms with Crippen molar-refractivity contribution in [3.63, 3.8) is 0 Å². The Labute approximate surface area is 141 Å². The second-order valence-electron chi connectivity index (χ2n) is 6.21. The number of halogens is 3. The lowest BCUT2D eigenvalue weighted by atomic mass is 9.96. The Balaban J connectivity index is 1.54. The zero-order valence-corrected chi connectivity index (χ0v) is 13.7. The maximum Gasteiger partial charge on any atom is 0.433 e. The predicted molar refractivity (Wildman–Crippen MR) is 80.5 cm³/mol. The van der Waals surface area contributed by atoms with E-state index in [2.05, 4.69) is 20.0 Å². The summed E-state index contributed by atoms with van der Waals surface area (Å²) < 4.78 is 43.8. The van der Waals surface area contributed by atoms with Crippen LogP contribution in [0.25, 0.3) is 0 Å². The van der Waals surface area contributed by atoms with Gasteiger partial charge in [0.25, 0.3) is 5.56 Å². The average molecular weight is 357 g/mol. The molecule has 25 heavy (non-hydrogen) atoms. The molecule has 2 aromatic heterocycles. The Morgan fingerprint density at radius 1 is 1.32 bits per heavy atom. The third-order valence-electron chi connectivity index (χ3n) is 4.27. The highest BCUT2D eigenvalue weighted by Gasteiger charge is 2.33. The molecule has 0 aromatic carbocycles. The Bertz CT molecular complexity index is 778. The second kappa shape index (κ2) is 6.95. The van der Waals surface area contributed by atoms with E-state index in [1.807, 2.05) is 0 Å². The van der Waals surface area contributed by atoms with Crippen LogP contribution < -0.4 is 5.56 Å². The standard InChI is InChI=1S/C15H18F3N5O2/c1-10-20-13(21-25-10)8-22-4-2-11(3-5-22)7-23-9-19-12(6-14(23)24)15(16,17)18/h6,9,11H,2-5,7-8H2,1H3. The van der Waals surface area contributed by atoms with Crippen molar-refractivity contribution in [1.82, 2.24) is 24.6 Å². The van der Waals surface area contributed by atoms with E-state index in [1.165, 1.54) is 4.57 Å². The molecule has 2 aromatic rings. The molecule has 0 bridgehead atoms. The van der Waals surface area contributed by atoms with Crippen molar-refractivity contribution in [2.75, 3.05) is 13.1 Å². The summed E-state index contributed by atoms with van der Waals surface area (Å²) in [6.07, 6.45) is -1.94. The normalized spacial score (nSPS) is 17.1. The molecule has 7 nitrogen and oxygen atoms in total. The molecule has 1 aliphatic heterocycles. The van der Waals surface area contributed by atoms with Gasteiger partial charge in [-0.2, -0.15) is 18.2 Å². The van der Waals surface area contributed by atoms with E-state index in [0.717, 1.165) is 32.3 Å². The van der Waals surface area contributed by atoms with E-state index in [0.29, 0.717) is 30.9 Å². The van der Waals surface area contributed by atoms with Gasteiger partial charge in [0.05, 0.1) is 12.9 Å². The van der Waals surface area contributed by atoms with Crippen LogP contribution in [0.15, 0.2) is 21.7 Å². The second-order valence-corrected chi connectivity index (χ2v) is 6.21. The fourth-order valence-electron chi connectivity index (χ4n) is 2.93. The van der Waals surface area contributed by atoms with Crippen LogP contribution in [0.2, 0.25) is 0 Å². The lowest BCUT2D eigenvalue weighted by Gasteiger charge is -2.31. The van der Waals surface area contributed by atoms with Crippen molar-refractivity contribution in [3.05, 3.63) is 40.2 Å². The summed E-state index contributed by atoms with van der Waals surface area (Å²) in [5.41, 5.74) is -1.83. The van der Waals surface area contributed by atoms with Crippen LogP contribution in [-0.2, 0) is 19.3 Å². The number of aromatic nitrogens is 4. The van der Waals surface area contributed by atoms with Crippen molar-refractivity contribution < 1.29 is 17.7 Å². The smallest absolute Gasteiger partial charge is 0.340 e. The van der Waals surface area contributed by atoms with Crippen LogP contribution in [0, 0.1) is 12.8 Å². The number of rotatable bonds is 4. The van der Waals surface area contributed by atoms with Gasteiger partial charge < -0.3 is 4.52 Å². The fraction of sp³-hybridized carbons (Fsp3) is 0.600. The van der Waals surface area contributed by atoms with Crippen LogP contribution in [0.4, 0.5) is 13.2 Å². The molecule has 0 aliphatic carbocycles. The highest BCUT2D eigenvalue weighted by Crippen LogP contribution is 2.26. The van der Waals surface area contributed by atoms with Gasteiger partial charge in [0.1, 0.15) is 0 Å². The Morgan fingerprint density at radius 2 is 2.04 bits per heavy atom. The van der Waals surface area contributed by atoms with Gasteiger partial charge in [0.15, 0.2) is 11.5 Å². The first kappa shape index (κ1) is 17.6. The average Bonchev–Trinajstić information content (AvgIpc) is 2.95. The summed E-state index contributed by atoms with van der Waals surface area (Å²) >= 11 is 0. The van der Waals surface area contributed by atoms with Crippen molar-refractivity contribution in [2.24, 2.45) is 5.92 Å². The summed E-state index contributed by atoms with van der Waals surface area (Å²) in [5.74, 6) is 1.39. The number of piperidine rings is 1. The lowest BCUT2D eigenvalue weighted by Crippen LogP contribution is -2.36. The van der Waals surface area contributed by atoms with Crippen LogP contribution in [-0.4, -0.2) is 37.7 Å². The highest BCUT2D eigenvalue weighted by molar-refractivity contribution is 5.03. The summed E-state index contributed by atoms with van der Waals surface area (Å²) in [4.78, 5) is 21.6. The number of hydrogen-bond acceptors (Lipinski definition) is 6. The molecule has 0 radical (unpaired) electrons. The molecule has 0 amide bonds. The monoisotopic (exact) mass is 357 g/mol. The maximum absolute atomic E-state index is 12.5. The third kappa shape index (κ3) is 4.44. The van der Waals surface area contributed by atoms with Gasteiger partial charge in [-0.25, -0.2) is 4.98 Å². The molecule has 1 saturated heterocycles. The first-order chi connectivity index (χ1) is 11.8. The number of hydrogen-bond donors (Lipinski definition) is 0. The third-order valence-corrected chi connectivity index (χ3v) is 4.27. The quantitative estimate of drug-likeness (QED) is 0.831. The largest absolute Gasteiger partial charge is 0.433 e. The van der Waals surface area contributed by atoms with Crippen molar-refractivity contribution in [1.29, 1.82) is 0 Å². The molecule has 0 spiro atoms. The first-order valence-electron chi connectivity index (χ1n) is 7.96. The molecule has 10 heteroatoms. The van der Waals surface area contributed by atoms with Gasteiger partial charge in [-0.15, -0.1) is 0 Å². The van der Waals surface area contributed by atoms with E-state index < -0.39 is 17.4 Å². The topological polar surface area (TPSA) is 77.1 Å². The number of nitrogens with zero attached hydrogens (tertiary/aromatic N) is 5. The minimum Gasteiger partial charge on any atom is -0.340 e. The Hall–Kier alpha value is -2.23. The summed E-state index contributed by atoms with van der Waals surface area (Å²) in [5, 5.41) is 3.86. The van der Waals surface area contributed by atoms with Crippen molar-refractivity contribution in [3.8, 4) is 0 Å². The van der Waals surface area contributed by atoms with Crippen molar-refractivity contribution in [2.45, 2.75) is 39.0 Å². The molecule has 0 atom stereocenters. The molecule has 136 valence electrons. The van der Waals surface area contributed by atoms with Crippen molar-refractivity contribution >= 4 is 0 Å². The zero-order valence-electron chi connectivity index (χ0n) is 13.7. The minimum atomic E-state index is -4.60. The number of likely N-dealkylation sites (tertiary alicyclic amines) is 1.